The van der Waals surface area contributed by atoms with E-state index in [1.807, 2.05) is 60.7 Å². The molecule has 8 heteroatoms. The van der Waals surface area contributed by atoms with Crippen molar-refractivity contribution >= 4 is 17.4 Å². The number of benzene rings is 2. The molecule has 2 aromatic carbocycles. The number of rotatable bonds is 7. The highest BCUT2D eigenvalue weighted by molar-refractivity contribution is 5.82. The van der Waals surface area contributed by atoms with Crippen LogP contribution in [0.5, 0.6) is 0 Å². The summed E-state index contributed by atoms with van der Waals surface area (Å²) in [6, 6.07) is 18.8. The van der Waals surface area contributed by atoms with Crippen molar-refractivity contribution in [2.75, 3.05) is 31.3 Å². The van der Waals surface area contributed by atoms with Crippen molar-refractivity contribution in [2.45, 2.75) is 13.1 Å². The highest BCUT2D eigenvalue weighted by Gasteiger charge is 2.22. The summed E-state index contributed by atoms with van der Waals surface area (Å²) in [5.41, 5.74) is 6.97. The van der Waals surface area contributed by atoms with Crippen LogP contribution in [0.4, 0.5) is 11.5 Å². The summed E-state index contributed by atoms with van der Waals surface area (Å²) in [5.74, 6) is -0.166. The van der Waals surface area contributed by atoms with Gasteiger partial charge in [-0.05, 0) is 11.1 Å². The zero-order chi connectivity index (χ0) is 21.7. The minimum absolute atomic E-state index is 0.0232. The number of H-pyrrole nitrogens is 1. The zero-order valence-electron chi connectivity index (χ0n) is 17.0. The summed E-state index contributed by atoms with van der Waals surface area (Å²) >= 11 is 0. The molecule has 3 aromatic rings. The van der Waals surface area contributed by atoms with Gasteiger partial charge in [0.2, 0.25) is 5.91 Å². The Morgan fingerprint density at radius 3 is 2.10 bits per heavy atom. The number of nitrogens with two attached hydrogens (primary N) is 1. The maximum atomic E-state index is 12.7. The van der Waals surface area contributed by atoms with Crippen molar-refractivity contribution in [1.82, 2.24) is 14.5 Å². The van der Waals surface area contributed by atoms with Crippen LogP contribution in [0.3, 0.4) is 0 Å². The molecule has 0 bridgehead atoms. The van der Waals surface area contributed by atoms with E-state index in [0.717, 1.165) is 11.1 Å². The Hall–Kier alpha value is -3.81. The monoisotopic (exact) mass is 407 g/mol. The van der Waals surface area contributed by atoms with Gasteiger partial charge in [0.05, 0.1) is 13.1 Å². The minimum Gasteiger partial charge on any atom is -0.383 e. The molecular weight excluding hydrogens is 382 g/mol. The smallest absolute Gasteiger partial charge is 0.330 e. The van der Waals surface area contributed by atoms with Crippen LogP contribution in [0.2, 0.25) is 0 Å². The van der Waals surface area contributed by atoms with Crippen LogP contribution in [-0.2, 0) is 17.9 Å². The van der Waals surface area contributed by atoms with Gasteiger partial charge >= 0.3 is 5.69 Å². The Balaban J connectivity index is 2.07. The van der Waals surface area contributed by atoms with Gasteiger partial charge in [0.15, 0.2) is 0 Å². The van der Waals surface area contributed by atoms with Gasteiger partial charge in [-0.1, -0.05) is 60.7 Å². The first-order chi connectivity index (χ1) is 14.4. The van der Waals surface area contributed by atoms with Crippen molar-refractivity contribution < 1.29 is 4.79 Å². The zero-order valence-corrected chi connectivity index (χ0v) is 17.0. The van der Waals surface area contributed by atoms with E-state index in [-0.39, 0.29) is 37.0 Å². The Morgan fingerprint density at radius 2 is 1.53 bits per heavy atom. The number of anilines is 2. The van der Waals surface area contributed by atoms with E-state index in [4.69, 9.17) is 5.73 Å². The molecule has 30 heavy (non-hydrogen) atoms. The lowest BCUT2D eigenvalue weighted by atomic mass is 10.2. The second kappa shape index (κ2) is 9.13. The van der Waals surface area contributed by atoms with Crippen molar-refractivity contribution in [2.24, 2.45) is 0 Å². The molecule has 0 aliphatic carbocycles. The lowest BCUT2D eigenvalue weighted by Gasteiger charge is -2.27. The van der Waals surface area contributed by atoms with E-state index in [2.05, 4.69) is 4.98 Å². The molecule has 1 aromatic heterocycles. The average Bonchev–Trinajstić information content (AvgIpc) is 2.72. The topological polar surface area (TPSA) is 104 Å². The van der Waals surface area contributed by atoms with E-state index in [1.165, 1.54) is 9.47 Å². The summed E-state index contributed by atoms with van der Waals surface area (Å²) < 4.78 is 1.31. The fourth-order valence-electron chi connectivity index (χ4n) is 3.13. The molecule has 0 saturated heterocycles. The maximum absolute atomic E-state index is 12.7. The van der Waals surface area contributed by atoms with Crippen LogP contribution in [-0.4, -0.2) is 41.0 Å². The Morgan fingerprint density at radius 1 is 0.967 bits per heavy atom. The van der Waals surface area contributed by atoms with E-state index in [1.54, 1.807) is 19.0 Å². The van der Waals surface area contributed by atoms with Crippen LogP contribution < -0.4 is 21.9 Å². The van der Waals surface area contributed by atoms with Crippen LogP contribution in [0.1, 0.15) is 11.1 Å². The van der Waals surface area contributed by atoms with Crippen molar-refractivity contribution in [3.8, 4) is 0 Å². The third-order valence-corrected chi connectivity index (χ3v) is 4.76. The molecule has 3 rings (SSSR count). The number of nitrogens with zero attached hydrogens (tertiary/aromatic N) is 3. The number of carbonyl (C=O) groups excluding carboxylic acids is 1. The molecule has 3 N–H and O–H groups in total. The standard InChI is InChI=1S/C22H25N5O3/c1-25(2)18(28)15-26(13-16-9-5-3-6-10-16)19-20(23)27(22(30)24-21(19)29)14-17-11-7-4-8-12-17/h3-12H,13-15,23H2,1-2H3,(H,24,29,30). The number of hydrogen-bond acceptors (Lipinski definition) is 5. The summed E-state index contributed by atoms with van der Waals surface area (Å²) in [5, 5.41) is 0. The second-order valence-electron chi connectivity index (χ2n) is 7.19. The molecule has 156 valence electrons. The van der Waals surface area contributed by atoms with Crippen molar-refractivity contribution in [3.63, 3.8) is 0 Å². The van der Waals surface area contributed by atoms with Gasteiger partial charge in [-0.3, -0.25) is 19.1 Å². The molecule has 0 aliphatic rings. The van der Waals surface area contributed by atoms with Gasteiger partial charge in [-0.25, -0.2) is 4.79 Å². The molecule has 0 spiro atoms. The number of nitrogen functional groups attached to an aromatic ring is 1. The Labute approximate surface area is 174 Å². The molecule has 0 saturated carbocycles. The van der Waals surface area contributed by atoms with Gasteiger partial charge in [0, 0.05) is 20.6 Å². The largest absolute Gasteiger partial charge is 0.383 e. The molecule has 8 nitrogen and oxygen atoms in total. The number of hydrogen-bond donors (Lipinski definition) is 2. The fraction of sp³-hybridized carbons (Fsp3) is 0.227. The predicted octanol–water partition coefficient (Wildman–Crippen LogP) is 1.26. The normalized spacial score (nSPS) is 10.6. The number of amides is 1. The molecule has 1 heterocycles. The second-order valence-corrected chi connectivity index (χ2v) is 7.19. The first-order valence-electron chi connectivity index (χ1n) is 9.52. The molecular formula is C22H25N5O3. The molecule has 1 amide bonds. The van der Waals surface area contributed by atoms with Gasteiger partial charge in [-0.15, -0.1) is 0 Å². The minimum atomic E-state index is -0.621. The predicted molar refractivity (Wildman–Crippen MR) is 117 cm³/mol. The summed E-state index contributed by atoms with van der Waals surface area (Å²) in [4.78, 5) is 43.0. The van der Waals surface area contributed by atoms with E-state index in [0.29, 0.717) is 0 Å². The van der Waals surface area contributed by atoms with Gasteiger partial charge < -0.3 is 15.5 Å². The third kappa shape index (κ3) is 4.78. The first-order valence-corrected chi connectivity index (χ1v) is 9.52. The molecule has 0 unspecified atom stereocenters. The third-order valence-electron chi connectivity index (χ3n) is 4.76. The van der Waals surface area contributed by atoms with Crippen LogP contribution in [0.25, 0.3) is 0 Å². The SMILES string of the molecule is CN(C)C(=O)CN(Cc1ccccc1)c1c(N)n(Cc2ccccc2)c(=O)[nH]c1=O. The van der Waals surface area contributed by atoms with Gasteiger partial charge in [-0.2, -0.15) is 0 Å². The van der Waals surface area contributed by atoms with E-state index < -0.39 is 11.2 Å². The quantitative estimate of drug-likeness (QED) is 0.614. The first kappa shape index (κ1) is 20.9. The lowest BCUT2D eigenvalue weighted by molar-refractivity contribution is -0.127. The Bertz CT molecular complexity index is 1120. The number of carbonyl (C=O) groups is 1. The van der Waals surface area contributed by atoms with Gasteiger partial charge in [0.25, 0.3) is 5.56 Å². The summed E-state index contributed by atoms with van der Waals surface area (Å²) in [7, 11) is 3.29. The summed E-state index contributed by atoms with van der Waals surface area (Å²) in [6.45, 7) is 0.437. The highest BCUT2D eigenvalue weighted by Crippen LogP contribution is 2.20. The Kier molecular flexibility index (Phi) is 6.36. The number of aromatic nitrogens is 2. The average molecular weight is 407 g/mol. The fourth-order valence-corrected chi connectivity index (χ4v) is 3.13. The highest BCUT2D eigenvalue weighted by atomic mass is 16.2. The van der Waals surface area contributed by atoms with E-state index >= 15 is 0 Å². The maximum Gasteiger partial charge on any atom is 0.330 e. The number of nitrogens with one attached hydrogen (secondary N) is 1. The molecule has 0 fully saturated rings. The van der Waals surface area contributed by atoms with Crippen molar-refractivity contribution in [3.05, 3.63) is 92.6 Å². The number of likely N-dealkylation sites (N-methyl/N-ethyl adjacent to an activating group) is 1. The molecule has 0 radical (unpaired) electrons. The van der Waals surface area contributed by atoms with Crippen LogP contribution in [0.15, 0.2) is 70.3 Å². The van der Waals surface area contributed by atoms with Gasteiger partial charge in [0.1, 0.15) is 11.5 Å². The van der Waals surface area contributed by atoms with Crippen molar-refractivity contribution in [1.29, 1.82) is 0 Å². The molecule has 0 aliphatic heterocycles. The van der Waals surface area contributed by atoms with Crippen LogP contribution in [0, 0.1) is 0 Å². The van der Waals surface area contributed by atoms with Crippen LogP contribution >= 0.6 is 0 Å². The molecule has 0 atom stereocenters. The lowest BCUT2D eigenvalue weighted by Crippen LogP contribution is -2.42. The number of aromatic amines is 1. The van der Waals surface area contributed by atoms with E-state index in [9.17, 15) is 14.4 Å². The summed E-state index contributed by atoms with van der Waals surface area (Å²) in [6.07, 6.45) is 0.